The number of carbonyl (C=O) groups is 1. The van der Waals surface area contributed by atoms with Gasteiger partial charge in [-0.2, -0.15) is 0 Å². The molecule has 3 N–H and O–H groups in total. The molecule has 6 heteroatoms. The van der Waals surface area contributed by atoms with Crippen LogP contribution in [-0.4, -0.2) is 23.7 Å². The highest BCUT2D eigenvalue weighted by atomic mass is 19.1. The molecule has 24 heavy (non-hydrogen) atoms. The fourth-order valence-corrected chi connectivity index (χ4v) is 2.86. The summed E-state index contributed by atoms with van der Waals surface area (Å²) in [5, 5.41) is 15.9. The van der Waals surface area contributed by atoms with Gasteiger partial charge < -0.3 is 20.5 Å². The van der Waals surface area contributed by atoms with Gasteiger partial charge in [0, 0.05) is 17.2 Å². The molecule has 0 bridgehead atoms. The molecule has 0 aliphatic carbocycles. The third kappa shape index (κ3) is 2.59. The lowest BCUT2D eigenvalue weighted by Crippen LogP contribution is -2.47. The number of nitrogens with one attached hydrogen (secondary N) is 2. The molecule has 2 aromatic carbocycles. The number of aliphatic hydroxyl groups excluding tert-OH is 1. The standard InChI is InChI=1S/C18H19FN2O3/c1-18(2)17(23)20-16-13(9-22)11(6-7-14(16)21-18)12-5-4-10(19)8-15(12)24-3/h4-8,21-22H,9H2,1-3H3,(H,20,23). The van der Waals surface area contributed by atoms with Crippen molar-refractivity contribution in [1.82, 2.24) is 0 Å². The first kappa shape index (κ1) is 16.3. The highest BCUT2D eigenvalue weighted by Crippen LogP contribution is 2.41. The van der Waals surface area contributed by atoms with E-state index >= 15 is 0 Å². The molecule has 3 rings (SSSR count). The summed E-state index contributed by atoms with van der Waals surface area (Å²) in [6.07, 6.45) is 0. The van der Waals surface area contributed by atoms with Gasteiger partial charge in [0.1, 0.15) is 17.1 Å². The van der Waals surface area contributed by atoms with Crippen molar-refractivity contribution >= 4 is 17.3 Å². The van der Waals surface area contributed by atoms with Crippen molar-refractivity contribution in [3.05, 3.63) is 41.7 Å². The van der Waals surface area contributed by atoms with Gasteiger partial charge in [-0.25, -0.2) is 4.39 Å². The molecule has 126 valence electrons. The quantitative estimate of drug-likeness (QED) is 0.808. The molecule has 0 fully saturated rings. The van der Waals surface area contributed by atoms with Gasteiger partial charge in [-0.1, -0.05) is 6.07 Å². The average Bonchev–Trinajstić information content (AvgIpc) is 2.55. The van der Waals surface area contributed by atoms with E-state index in [1.54, 1.807) is 19.9 Å². The van der Waals surface area contributed by atoms with Crippen molar-refractivity contribution in [1.29, 1.82) is 0 Å². The average molecular weight is 330 g/mol. The van der Waals surface area contributed by atoms with Gasteiger partial charge in [0.2, 0.25) is 5.91 Å². The maximum Gasteiger partial charge on any atom is 0.249 e. The molecule has 0 saturated heterocycles. The maximum atomic E-state index is 13.4. The smallest absolute Gasteiger partial charge is 0.249 e. The minimum absolute atomic E-state index is 0.187. The number of carbonyl (C=O) groups excluding carboxylic acids is 1. The molecule has 1 heterocycles. The van der Waals surface area contributed by atoms with Crippen molar-refractivity contribution in [2.75, 3.05) is 17.7 Å². The largest absolute Gasteiger partial charge is 0.496 e. The normalized spacial score (nSPS) is 15.3. The molecule has 0 saturated carbocycles. The molecule has 0 aromatic heterocycles. The lowest BCUT2D eigenvalue weighted by atomic mass is 9.93. The molecular weight excluding hydrogens is 311 g/mol. The van der Waals surface area contributed by atoms with E-state index in [1.165, 1.54) is 19.2 Å². The molecular formula is C18H19FN2O3. The van der Waals surface area contributed by atoms with Crippen LogP contribution in [0.15, 0.2) is 30.3 Å². The first-order valence-corrected chi connectivity index (χ1v) is 7.57. The van der Waals surface area contributed by atoms with Gasteiger partial charge in [-0.15, -0.1) is 0 Å². The third-order valence-corrected chi connectivity index (χ3v) is 4.18. The summed E-state index contributed by atoms with van der Waals surface area (Å²) < 4.78 is 18.7. The van der Waals surface area contributed by atoms with Gasteiger partial charge in [0.15, 0.2) is 0 Å². The molecule has 2 aromatic rings. The Labute approximate surface area is 139 Å². The van der Waals surface area contributed by atoms with E-state index in [0.29, 0.717) is 28.1 Å². The molecule has 1 aliphatic heterocycles. The number of hydrogen-bond acceptors (Lipinski definition) is 4. The molecule has 0 radical (unpaired) electrons. The van der Waals surface area contributed by atoms with Gasteiger partial charge in [0.05, 0.1) is 25.1 Å². The predicted molar refractivity (Wildman–Crippen MR) is 90.6 cm³/mol. The van der Waals surface area contributed by atoms with Gasteiger partial charge >= 0.3 is 0 Å². The van der Waals surface area contributed by atoms with Crippen LogP contribution in [0.5, 0.6) is 5.75 Å². The van der Waals surface area contributed by atoms with Crippen molar-refractivity contribution in [2.24, 2.45) is 0 Å². The molecule has 1 aliphatic rings. The number of hydrogen-bond donors (Lipinski definition) is 3. The minimum Gasteiger partial charge on any atom is -0.496 e. The highest BCUT2D eigenvalue weighted by Gasteiger charge is 2.34. The van der Waals surface area contributed by atoms with E-state index in [4.69, 9.17) is 4.74 Å². The van der Waals surface area contributed by atoms with Crippen LogP contribution in [0.3, 0.4) is 0 Å². The second-order valence-corrected chi connectivity index (χ2v) is 6.22. The zero-order valence-electron chi connectivity index (χ0n) is 13.7. The summed E-state index contributed by atoms with van der Waals surface area (Å²) in [4.78, 5) is 12.2. The summed E-state index contributed by atoms with van der Waals surface area (Å²) in [5.74, 6) is -0.233. The number of aliphatic hydroxyl groups is 1. The number of amides is 1. The first-order chi connectivity index (χ1) is 11.4. The molecule has 0 atom stereocenters. The van der Waals surface area contributed by atoms with Crippen LogP contribution < -0.4 is 15.4 Å². The SMILES string of the molecule is COc1cc(F)ccc1-c1ccc2c(c1CO)NC(=O)C(C)(C)N2. The van der Waals surface area contributed by atoms with E-state index in [2.05, 4.69) is 10.6 Å². The van der Waals surface area contributed by atoms with E-state index < -0.39 is 11.4 Å². The number of anilines is 2. The Bertz CT molecular complexity index is 818. The molecule has 1 amide bonds. The summed E-state index contributed by atoms with van der Waals surface area (Å²) in [6.45, 7) is 3.28. The number of rotatable bonds is 3. The van der Waals surface area contributed by atoms with Gasteiger partial charge in [0.25, 0.3) is 0 Å². The lowest BCUT2D eigenvalue weighted by Gasteiger charge is -2.34. The van der Waals surface area contributed by atoms with E-state index in [0.717, 1.165) is 5.69 Å². The second kappa shape index (κ2) is 5.79. The van der Waals surface area contributed by atoms with Gasteiger partial charge in [-0.05, 0) is 37.6 Å². The molecule has 0 unspecified atom stereocenters. The Morgan fingerprint density at radius 2 is 1.92 bits per heavy atom. The van der Waals surface area contributed by atoms with E-state index in [1.807, 2.05) is 12.1 Å². The Kier molecular flexibility index (Phi) is 3.93. The van der Waals surface area contributed by atoms with Crippen molar-refractivity contribution in [3.8, 4) is 16.9 Å². The van der Waals surface area contributed by atoms with Gasteiger partial charge in [-0.3, -0.25) is 4.79 Å². The second-order valence-electron chi connectivity index (χ2n) is 6.22. The Hall–Kier alpha value is -2.60. The van der Waals surface area contributed by atoms with Crippen molar-refractivity contribution < 1.29 is 19.0 Å². The van der Waals surface area contributed by atoms with Crippen molar-refractivity contribution in [3.63, 3.8) is 0 Å². The Morgan fingerprint density at radius 1 is 1.21 bits per heavy atom. The van der Waals surface area contributed by atoms with Crippen LogP contribution in [0.25, 0.3) is 11.1 Å². The van der Waals surface area contributed by atoms with Crippen LogP contribution >= 0.6 is 0 Å². The number of halogens is 1. The number of ether oxygens (including phenoxy) is 1. The minimum atomic E-state index is -0.741. The summed E-state index contributed by atoms with van der Waals surface area (Å²) in [6, 6.07) is 7.86. The number of fused-ring (bicyclic) bond motifs is 1. The molecule has 5 nitrogen and oxygen atoms in total. The Balaban J connectivity index is 2.19. The van der Waals surface area contributed by atoms with E-state index in [9.17, 15) is 14.3 Å². The highest BCUT2D eigenvalue weighted by molar-refractivity contribution is 6.07. The number of benzene rings is 2. The lowest BCUT2D eigenvalue weighted by molar-refractivity contribution is -0.119. The summed E-state index contributed by atoms with van der Waals surface area (Å²) >= 11 is 0. The topological polar surface area (TPSA) is 70.6 Å². The van der Waals surface area contributed by atoms with Crippen LogP contribution in [0.1, 0.15) is 19.4 Å². The fourth-order valence-electron chi connectivity index (χ4n) is 2.86. The number of methoxy groups -OCH3 is 1. The Morgan fingerprint density at radius 3 is 2.58 bits per heavy atom. The monoisotopic (exact) mass is 330 g/mol. The fraction of sp³-hybridized carbons (Fsp3) is 0.278. The van der Waals surface area contributed by atoms with Crippen LogP contribution in [0, 0.1) is 5.82 Å². The zero-order chi connectivity index (χ0) is 17.5. The van der Waals surface area contributed by atoms with Crippen molar-refractivity contribution in [2.45, 2.75) is 26.0 Å². The third-order valence-electron chi connectivity index (χ3n) is 4.18. The van der Waals surface area contributed by atoms with Crippen LogP contribution in [0.2, 0.25) is 0 Å². The maximum absolute atomic E-state index is 13.4. The van der Waals surface area contributed by atoms with E-state index in [-0.39, 0.29) is 12.5 Å². The summed E-state index contributed by atoms with van der Waals surface area (Å²) in [5.41, 5.74) is 2.39. The zero-order valence-corrected chi connectivity index (χ0v) is 13.7. The summed E-state index contributed by atoms with van der Waals surface area (Å²) in [7, 11) is 1.46. The van der Waals surface area contributed by atoms with Crippen LogP contribution in [-0.2, 0) is 11.4 Å². The first-order valence-electron chi connectivity index (χ1n) is 7.57. The van der Waals surface area contributed by atoms with Crippen LogP contribution in [0.4, 0.5) is 15.8 Å². The predicted octanol–water partition coefficient (Wildman–Crippen LogP) is 3.14. The molecule has 0 spiro atoms.